The normalized spacial score (nSPS) is 39.4. The summed E-state index contributed by atoms with van der Waals surface area (Å²) in [6.45, 7) is 0. The second-order valence-electron chi connectivity index (χ2n) is 4.74. The zero-order chi connectivity index (χ0) is 10.5. The topological polar surface area (TPSA) is 46.5 Å². The lowest BCUT2D eigenvalue weighted by molar-refractivity contribution is 0.0505. The van der Waals surface area contributed by atoms with Crippen molar-refractivity contribution in [3.05, 3.63) is 30.1 Å². The SMILES string of the molecule is c1ccc(C2=NO[C@@H]3[C@H]2[C@H]2CC[C@@H]3N2)nc1. The number of hydrogen-bond acceptors (Lipinski definition) is 4. The molecular weight excluding hydrogens is 202 g/mol. The zero-order valence-electron chi connectivity index (χ0n) is 8.84. The Kier molecular flexibility index (Phi) is 1.65. The molecule has 82 valence electrons. The van der Waals surface area contributed by atoms with Crippen molar-refractivity contribution in [2.75, 3.05) is 0 Å². The van der Waals surface area contributed by atoms with Gasteiger partial charge >= 0.3 is 0 Å². The summed E-state index contributed by atoms with van der Waals surface area (Å²) in [7, 11) is 0. The zero-order valence-corrected chi connectivity index (χ0v) is 8.84. The Bertz CT molecular complexity index is 445. The molecule has 0 unspecified atom stereocenters. The van der Waals surface area contributed by atoms with Crippen LogP contribution in [0.15, 0.2) is 29.6 Å². The van der Waals surface area contributed by atoms with Gasteiger partial charge < -0.3 is 10.2 Å². The number of rotatable bonds is 1. The van der Waals surface area contributed by atoms with E-state index in [0.29, 0.717) is 18.0 Å². The fourth-order valence-corrected chi connectivity index (χ4v) is 3.22. The van der Waals surface area contributed by atoms with E-state index in [0.717, 1.165) is 11.4 Å². The van der Waals surface area contributed by atoms with Gasteiger partial charge in [0.15, 0.2) is 6.10 Å². The highest BCUT2D eigenvalue weighted by Crippen LogP contribution is 2.40. The van der Waals surface area contributed by atoms with Crippen LogP contribution in [0.25, 0.3) is 0 Å². The second kappa shape index (κ2) is 3.04. The Morgan fingerprint density at radius 3 is 3.06 bits per heavy atom. The summed E-state index contributed by atoms with van der Waals surface area (Å²) in [5, 5.41) is 7.84. The van der Waals surface area contributed by atoms with Gasteiger partial charge in [0.05, 0.1) is 11.6 Å². The average Bonchev–Trinajstić information content (AvgIpc) is 3.03. The van der Waals surface area contributed by atoms with Crippen LogP contribution in [0.5, 0.6) is 0 Å². The van der Waals surface area contributed by atoms with E-state index in [4.69, 9.17) is 4.84 Å². The molecular formula is C12H13N3O. The van der Waals surface area contributed by atoms with Crippen molar-refractivity contribution < 1.29 is 4.84 Å². The molecule has 0 amide bonds. The molecule has 0 saturated carbocycles. The van der Waals surface area contributed by atoms with Crippen LogP contribution in [0.1, 0.15) is 18.5 Å². The van der Waals surface area contributed by atoms with Gasteiger partial charge in [0.1, 0.15) is 5.71 Å². The molecule has 2 fully saturated rings. The summed E-state index contributed by atoms with van der Waals surface area (Å²) in [5.41, 5.74) is 2.00. The van der Waals surface area contributed by atoms with Gasteiger partial charge in [-0.25, -0.2) is 0 Å². The molecule has 4 nitrogen and oxygen atoms in total. The first kappa shape index (κ1) is 8.70. The lowest BCUT2D eigenvalue weighted by atomic mass is 9.83. The minimum Gasteiger partial charge on any atom is -0.390 e. The minimum atomic E-state index is 0.246. The summed E-state index contributed by atoms with van der Waals surface area (Å²) in [6, 6.07) is 6.98. The minimum absolute atomic E-state index is 0.246. The number of fused-ring (bicyclic) bond motifs is 5. The van der Waals surface area contributed by atoms with Crippen LogP contribution in [-0.4, -0.2) is 28.9 Å². The van der Waals surface area contributed by atoms with E-state index in [2.05, 4.69) is 15.5 Å². The van der Waals surface area contributed by atoms with Crippen molar-refractivity contribution in [2.45, 2.75) is 31.0 Å². The van der Waals surface area contributed by atoms with Crippen molar-refractivity contribution >= 4 is 5.71 Å². The largest absolute Gasteiger partial charge is 0.390 e. The number of oxime groups is 1. The third-order valence-electron chi connectivity index (χ3n) is 3.92. The molecule has 0 aliphatic carbocycles. The van der Waals surface area contributed by atoms with E-state index < -0.39 is 0 Å². The molecule has 3 aliphatic rings. The van der Waals surface area contributed by atoms with Crippen LogP contribution in [0.2, 0.25) is 0 Å². The van der Waals surface area contributed by atoms with Crippen LogP contribution >= 0.6 is 0 Å². The molecule has 4 heteroatoms. The van der Waals surface area contributed by atoms with Gasteiger partial charge in [-0.2, -0.15) is 0 Å². The Balaban J connectivity index is 1.72. The molecule has 4 rings (SSSR count). The molecule has 1 N–H and O–H groups in total. The van der Waals surface area contributed by atoms with E-state index in [-0.39, 0.29) is 6.10 Å². The first-order valence-electron chi connectivity index (χ1n) is 5.84. The first-order chi connectivity index (χ1) is 7.93. The summed E-state index contributed by atoms with van der Waals surface area (Å²) in [6.07, 6.45) is 4.51. The van der Waals surface area contributed by atoms with Crippen LogP contribution in [-0.2, 0) is 4.84 Å². The number of pyridine rings is 1. The number of aromatic nitrogens is 1. The molecule has 0 spiro atoms. The predicted molar refractivity (Wildman–Crippen MR) is 59.1 cm³/mol. The molecule has 4 heterocycles. The van der Waals surface area contributed by atoms with Gasteiger partial charge in [0.2, 0.25) is 0 Å². The highest BCUT2D eigenvalue weighted by molar-refractivity contribution is 6.02. The molecule has 0 aromatic carbocycles. The Labute approximate surface area is 93.7 Å². The lowest BCUT2D eigenvalue weighted by Crippen LogP contribution is -2.34. The standard InChI is InChI=1S/C12H13N3O/c1-2-6-13-8(3-1)11-10-7-4-5-9(14-7)12(10)16-15-11/h1-3,6-7,9-10,12,14H,4-5H2/t7-,9+,10+,12+/m1/s1. The molecule has 0 radical (unpaired) electrons. The van der Waals surface area contributed by atoms with Crippen molar-refractivity contribution in [3.63, 3.8) is 0 Å². The van der Waals surface area contributed by atoms with Crippen LogP contribution < -0.4 is 5.32 Å². The van der Waals surface area contributed by atoms with E-state index >= 15 is 0 Å². The molecule has 2 saturated heterocycles. The van der Waals surface area contributed by atoms with Crippen molar-refractivity contribution in [1.29, 1.82) is 0 Å². The van der Waals surface area contributed by atoms with Crippen molar-refractivity contribution in [2.24, 2.45) is 11.1 Å². The van der Waals surface area contributed by atoms with Gasteiger partial charge in [-0.15, -0.1) is 0 Å². The molecule has 1 aromatic rings. The Hall–Kier alpha value is -1.42. The molecule has 1 aromatic heterocycles. The van der Waals surface area contributed by atoms with Crippen LogP contribution in [0, 0.1) is 5.92 Å². The third kappa shape index (κ3) is 1.02. The Morgan fingerprint density at radius 1 is 1.25 bits per heavy atom. The molecule has 3 aliphatic heterocycles. The average molecular weight is 215 g/mol. The third-order valence-corrected chi connectivity index (χ3v) is 3.92. The predicted octanol–water partition coefficient (Wildman–Crippen LogP) is 0.935. The summed E-state index contributed by atoms with van der Waals surface area (Å²) < 4.78 is 0. The maximum atomic E-state index is 5.56. The smallest absolute Gasteiger partial charge is 0.152 e. The maximum absolute atomic E-state index is 5.56. The second-order valence-corrected chi connectivity index (χ2v) is 4.74. The van der Waals surface area contributed by atoms with E-state index in [9.17, 15) is 0 Å². The molecule has 16 heavy (non-hydrogen) atoms. The highest BCUT2D eigenvalue weighted by atomic mass is 16.6. The number of nitrogens with one attached hydrogen (secondary N) is 1. The molecule has 2 bridgehead atoms. The van der Waals surface area contributed by atoms with Gasteiger partial charge in [-0.1, -0.05) is 11.2 Å². The molecule has 4 atom stereocenters. The fourth-order valence-electron chi connectivity index (χ4n) is 3.22. The first-order valence-corrected chi connectivity index (χ1v) is 5.84. The number of hydrogen-bond donors (Lipinski definition) is 1. The fraction of sp³-hybridized carbons (Fsp3) is 0.500. The van der Waals surface area contributed by atoms with Gasteiger partial charge in [0, 0.05) is 18.3 Å². The van der Waals surface area contributed by atoms with Gasteiger partial charge in [-0.3, -0.25) is 4.98 Å². The lowest BCUT2D eigenvalue weighted by Gasteiger charge is -2.20. The quantitative estimate of drug-likeness (QED) is 0.758. The van der Waals surface area contributed by atoms with Crippen LogP contribution in [0.3, 0.4) is 0 Å². The van der Waals surface area contributed by atoms with E-state index in [1.54, 1.807) is 0 Å². The maximum Gasteiger partial charge on any atom is 0.152 e. The highest BCUT2D eigenvalue weighted by Gasteiger charge is 2.54. The summed E-state index contributed by atoms with van der Waals surface area (Å²) in [4.78, 5) is 9.93. The summed E-state index contributed by atoms with van der Waals surface area (Å²) >= 11 is 0. The van der Waals surface area contributed by atoms with Gasteiger partial charge in [-0.05, 0) is 25.0 Å². The van der Waals surface area contributed by atoms with Crippen LogP contribution in [0.4, 0.5) is 0 Å². The van der Waals surface area contributed by atoms with E-state index in [1.807, 2.05) is 24.4 Å². The number of nitrogens with zero attached hydrogens (tertiary/aromatic N) is 2. The van der Waals surface area contributed by atoms with Crippen molar-refractivity contribution in [3.8, 4) is 0 Å². The van der Waals surface area contributed by atoms with Crippen molar-refractivity contribution in [1.82, 2.24) is 10.3 Å². The monoisotopic (exact) mass is 215 g/mol. The summed E-state index contributed by atoms with van der Waals surface area (Å²) in [5.74, 6) is 0.411. The van der Waals surface area contributed by atoms with Gasteiger partial charge in [0.25, 0.3) is 0 Å². The van der Waals surface area contributed by atoms with E-state index in [1.165, 1.54) is 12.8 Å². The Morgan fingerprint density at radius 2 is 2.19 bits per heavy atom.